The Bertz CT molecular complexity index is 707. The van der Waals surface area contributed by atoms with Gasteiger partial charge in [-0.2, -0.15) is 0 Å². The summed E-state index contributed by atoms with van der Waals surface area (Å²) in [5.41, 5.74) is 0.539. The van der Waals surface area contributed by atoms with Crippen LogP contribution in [0, 0.1) is 0 Å². The van der Waals surface area contributed by atoms with Gasteiger partial charge in [-0.15, -0.1) is 0 Å². The monoisotopic (exact) mass is 413 g/mol. The summed E-state index contributed by atoms with van der Waals surface area (Å²) in [6, 6.07) is 6.36. The minimum Gasteiger partial charge on any atom is -0.478 e. The van der Waals surface area contributed by atoms with E-state index in [2.05, 4.69) is 47.1 Å². The van der Waals surface area contributed by atoms with Crippen LogP contribution in [0.1, 0.15) is 15.9 Å². The van der Waals surface area contributed by atoms with E-state index in [9.17, 15) is 9.59 Å². The highest BCUT2D eigenvalue weighted by Gasteiger charge is 2.14. The van der Waals surface area contributed by atoms with Gasteiger partial charge in [0.1, 0.15) is 9.21 Å². The first kappa shape index (κ1) is 15.6. The fourth-order valence-electron chi connectivity index (χ4n) is 1.66. The first-order chi connectivity index (χ1) is 9.97. The SMILES string of the molecule is O=C(Cc1ccccc1C(=O)O)Nc1ncc(Br)nc1Br. The summed E-state index contributed by atoms with van der Waals surface area (Å²) in [5, 5.41) is 11.7. The van der Waals surface area contributed by atoms with Crippen LogP contribution in [0.5, 0.6) is 0 Å². The second-order valence-electron chi connectivity index (χ2n) is 4.02. The number of carbonyl (C=O) groups is 2. The topological polar surface area (TPSA) is 92.2 Å². The smallest absolute Gasteiger partial charge is 0.335 e. The quantitative estimate of drug-likeness (QED) is 0.802. The molecule has 0 unspecified atom stereocenters. The van der Waals surface area contributed by atoms with Crippen LogP contribution in [0.2, 0.25) is 0 Å². The summed E-state index contributed by atoms with van der Waals surface area (Å²) in [5.74, 6) is -1.17. The summed E-state index contributed by atoms with van der Waals surface area (Å²) in [6.07, 6.45) is 1.39. The van der Waals surface area contributed by atoms with Gasteiger partial charge in [-0.05, 0) is 43.5 Å². The maximum atomic E-state index is 12.0. The number of anilines is 1. The zero-order valence-corrected chi connectivity index (χ0v) is 13.7. The number of carbonyl (C=O) groups excluding carboxylic acids is 1. The van der Waals surface area contributed by atoms with Gasteiger partial charge in [0, 0.05) is 0 Å². The summed E-state index contributed by atoms with van der Waals surface area (Å²) in [6.45, 7) is 0. The molecular formula is C13H9Br2N3O3. The van der Waals surface area contributed by atoms with Crippen molar-refractivity contribution in [2.75, 3.05) is 5.32 Å². The molecule has 1 amide bonds. The van der Waals surface area contributed by atoms with Crippen LogP contribution in [-0.4, -0.2) is 27.0 Å². The summed E-state index contributed by atoms with van der Waals surface area (Å²) in [4.78, 5) is 31.1. The Morgan fingerprint density at radius 1 is 1.24 bits per heavy atom. The van der Waals surface area contributed by atoms with Crippen LogP contribution >= 0.6 is 31.9 Å². The number of nitrogens with zero attached hydrogens (tertiary/aromatic N) is 2. The van der Waals surface area contributed by atoms with Gasteiger partial charge >= 0.3 is 5.97 Å². The molecule has 1 aromatic heterocycles. The maximum absolute atomic E-state index is 12.0. The average Bonchev–Trinajstić information content (AvgIpc) is 2.42. The van der Waals surface area contributed by atoms with Gasteiger partial charge in [-0.3, -0.25) is 4.79 Å². The third-order valence-corrected chi connectivity index (χ3v) is 3.49. The van der Waals surface area contributed by atoms with Gasteiger partial charge in [0.05, 0.1) is 18.2 Å². The number of halogens is 2. The molecule has 0 radical (unpaired) electrons. The number of benzene rings is 1. The zero-order valence-electron chi connectivity index (χ0n) is 10.5. The molecular weight excluding hydrogens is 406 g/mol. The van der Waals surface area contributed by atoms with Crippen LogP contribution < -0.4 is 5.32 Å². The van der Waals surface area contributed by atoms with Gasteiger partial charge in [0.25, 0.3) is 0 Å². The Balaban J connectivity index is 2.14. The number of nitrogens with one attached hydrogen (secondary N) is 1. The number of carboxylic acid groups (broad SMARTS) is 1. The lowest BCUT2D eigenvalue weighted by Crippen LogP contribution is -2.17. The van der Waals surface area contributed by atoms with Crippen molar-refractivity contribution in [3.63, 3.8) is 0 Å². The van der Waals surface area contributed by atoms with Gasteiger partial charge in [-0.1, -0.05) is 18.2 Å². The molecule has 2 aromatic rings. The lowest BCUT2D eigenvalue weighted by Gasteiger charge is -2.08. The number of rotatable bonds is 4. The minimum atomic E-state index is -1.07. The number of aromatic nitrogens is 2. The normalized spacial score (nSPS) is 10.2. The van der Waals surface area contributed by atoms with Crippen LogP contribution in [0.3, 0.4) is 0 Å². The lowest BCUT2D eigenvalue weighted by atomic mass is 10.0. The first-order valence-electron chi connectivity index (χ1n) is 5.76. The molecule has 8 heteroatoms. The largest absolute Gasteiger partial charge is 0.478 e. The first-order valence-corrected chi connectivity index (χ1v) is 7.35. The average molecular weight is 415 g/mol. The number of carboxylic acids is 1. The molecule has 0 bridgehead atoms. The van der Waals surface area contributed by atoms with Crippen molar-refractivity contribution < 1.29 is 14.7 Å². The second kappa shape index (κ2) is 6.77. The number of aromatic carboxylic acids is 1. The molecule has 0 atom stereocenters. The zero-order chi connectivity index (χ0) is 15.4. The fraction of sp³-hybridized carbons (Fsp3) is 0.0769. The molecule has 0 aliphatic carbocycles. The maximum Gasteiger partial charge on any atom is 0.335 e. The molecule has 1 heterocycles. The number of hydrogen-bond donors (Lipinski definition) is 2. The van der Waals surface area contributed by atoms with Crippen molar-refractivity contribution in [1.82, 2.24) is 9.97 Å². The summed E-state index contributed by atoms with van der Waals surface area (Å²) < 4.78 is 0.917. The van der Waals surface area contributed by atoms with Crippen molar-refractivity contribution >= 4 is 49.6 Å². The molecule has 0 aliphatic heterocycles. The van der Waals surface area contributed by atoms with E-state index in [0.717, 1.165) is 0 Å². The Kier molecular flexibility index (Phi) is 5.03. The van der Waals surface area contributed by atoms with E-state index >= 15 is 0 Å². The Labute approximate surface area is 136 Å². The van der Waals surface area contributed by atoms with Crippen molar-refractivity contribution in [2.45, 2.75) is 6.42 Å². The standard InChI is InChI=1S/C13H9Br2N3O3/c14-9-6-16-12(11(15)17-9)18-10(19)5-7-3-1-2-4-8(7)13(20)21/h1-4,6H,5H2,(H,20,21)(H,16,18,19). The fourth-order valence-corrected chi connectivity index (χ4v) is 2.57. The van der Waals surface area contributed by atoms with E-state index in [4.69, 9.17) is 5.11 Å². The molecule has 0 fully saturated rings. The second-order valence-corrected chi connectivity index (χ2v) is 5.58. The molecule has 0 saturated heterocycles. The molecule has 108 valence electrons. The van der Waals surface area contributed by atoms with E-state index in [1.54, 1.807) is 18.2 Å². The Morgan fingerprint density at radius 3 is 2.62 bits per heavy atom. The van der Waals surface area contributed by atoms with Gasteiger partial charge in [-0.25, -0.2) is 14.8 Å². The van der Waals surface area contributed by atoms with Crippen LogP contribution in [-0.2, 0) is 11.2 Å². The van der Waals surface area contributed by atoms with E-state index in [1.165, 1.54) is 12.3 Å². The summed E-state index contributed by atoms with van der Waals surface area (Å²) in [7, 11) is 0. The Hall–Kier alpha value is -1.80. The third-order valence-electron chi connectivity index (χ3n) is 2.56. The van der Waals surface area contributed by atoms with Crippen molar-refractivity contribution in [1.29, 1.82) is 0 Å². The van der Waals surface area contributed by atoms with Crippen LogP contribution in [0.4, 0.5) is 5.82 Å². The van der Waals surface area contributed by atoms with E-state index in [1.807, 2.05) is 0 Å². The van der Waals surface area contributed by atoms with Gasteiger partial charge in [0.15, 0.2) is 5.82 Å². The van der Waals surface area contributed by atoms with Gasteiger partial charge in [0.2, 0.25) is 5.91 Å². The molecule has 0 saturated carbocycles. The summed E-state index contributed by atoms with van der Waals surface area (Å²) >= 11 is 6.35. The molecule has 21 heavy (non-hydrogen) atoms. The molecule has 2 N–H and O–H groups in total. The molecule has 6 nitrogen and oxygen atoms in total. The third kappa shape index (κ3) is 4.08. The van der Waals surface area contributed by atoms with E-state index in [0.29, 0.717) is 14.8 Å². The minimum absolute atomic E-state index is 0.0628. The van der Waals surface area contributed by atoms with Crippen molar-refractivity contribution in [2.24, 2.45) is 0 Å². The molecule has 2 rings (SSSR count). The predicted molar refractivity (Wildman–Crippen MR) is 83.2 cm³/mol. The number of hydrogen-bond acceptors (Lipinski definition) is 4. The van der Waals surface area contributed by atoms with Crippen LogP contribution in [0.15, 0.2) is 39.7 Å². The molecule has 1 aromatic carbocycles. The molecule has 0 spiro atoms. The number of amides is 1. The van der Waals surface area contributed by atoms with E-state index in [-0.39, 0.29) is 23.7 Å². The highest BCUT2D eigenvalue weighted by molar-refractivity contribution is 9.11. The van der Waals surface area contributed by atoms with Crippen LogP contribution in [0.25, 0.3) is 0 Å². The van der Waals surface area contributed by atoms with Gasteiger partial charge < -0.3 is 10.4 Å². The highest BCUT2D eigenvalue weighted by atomic mass is 79.9. The van der Waals surface area contributed by atoms with E-state index < -0.39 is 5.97 Å². The molecule has 0 aliphatic rings. The van der Waals surface area contributed by atoms with Crippen molar-refractivity contribution in [3.05, 3.63) is 50.8 Å². The van der Waals surface area contributed by atoms with Crippen molar-refractivity contribution in [3.8, 4) is 0 Å². The lowest BCUT2D eigenvalue weighted by molar-refractivity contribution is -0.115. The highest BCUT2D eigenvalue weighted by Crippen LogP contribution is 2.19. The predicted octanol–water partition coefficient (Wildman–Crippen LogP) is 2.88. The Morgan fingerprint density at radius 2 is 1.95 bits per heavy atom.